The minimum atomic E-state index is -0.334. The fourth-order valence-corrected chi connectivity index (χ4v) is 3.79. The van der Waals surface area contributed by atoms with Gasteiger partial charge in [-0.15, -0.1) is 0 Å². The van der Waals surface area contributed by atoms with E-state index in [4.69, 9.17) is 14.0 Å². The van der Waals surface area contributed by atoms with Crippen molar-refractivity contribution in [3.8, 4) is 22.9 Å². The van der Waals surface area contributed by atoms with Gasteiger partial charge < -0.3 is 19.3 Å². The third kappa shape index (κ3) is 5.05. The Hall–Kier alpha value is -3.46. The van der Waals surface area contributed by atoms with Crippen molar-refractivity contribution in [2.75, 3.05) is 32.6 Å². The average molecular weight is 440 g/mol. The highest BCUT2D eigenvalue weighted by Gasteiger charge is 2.27. The minimum absolute atomic E-state index is 0.0714. The zero-order valence-electron chi connectivity index (χ0n) is 18.0. The number of likely N-dealkylation sites (tertiary alicyclic amines) is 1. The van der Waals surface area contributed by atoms with E-state index in [-0.39, 0.29) is 17.6 Å². The summed E-state index contributed by atoms with van der Waals surface area (Å²) in [5, 5.41) is 6.94. The Bertz CT molecular complexity index is 1070. The summed E-state index contributed by atoms with van der Waals surface area (Å²) in [7, 11) is 3.15. The van der Waals surface area contributed by atoms with Gasteiger partial charge in [0.1, 0.15) is 5.82 Å². The number of hydrogen-bond donors (Lipinski definition) is 1. The van der Waals surface area contributed by atoms with Crippen LogP contribution in [0.2, 0.25) is 0 Å². The first-order valence-electron chi connectivity index (χ1n) is 10.4. The number of rotatable bonds is 7. The van der Waals surface area contributed by atoms with Gasteiger partial charge in [-0.2, -0.15) is 4.98 Å². The Kier molecular flexibility index (Phi) is 6.65. The molecule has 1 saturated heterocycles. The summed E-state index contributed by atoms with van der Waals surface area (Å²) >= 11 is 0. The van der Waals surface area contributed by atoms with Crippen LogP contribution in [0.1, 0.15) is 18.7 Å². The second-order valence-electron chi connectivity index (χ2n) is 7.65. The van der Waals surface area contributed by atoms with E-state index in [1.54, 1.807) is 38.5 Å². The van der Waals surface area contributed by atoms with E-state index in [0.29, 0.717) is 42.0 Å². The number of carbonyl (C=O) groups excluding carboxylic acids is 1. The summed E-state index contributed by atoms with van der Waals surface area (Å²) in [6, 6.07) is 11.2. The third-order valence-corrected chi connectivity index (χ3v) is 5.46. The van der Waals surface area contributed by atoms with Crippen molar-refractivity contribution >= 4 is 11.6 Å². The van der Waals surface area contributed by atoms with E-state index < -0.39 is 0 Å². The summed E-state index contributed by atoms with van der Waals surface area (Å²) in [5.74, 6) is 1.58. The Morgan fingerprint density at radius 1 is 1.19 bits per heavy atom. The van der Waals surface area contributed by atoms with Crippen molar-refractivity contribution in [3.63, 3.8) is 0 Å². The second kappa shape index (κ2) is 9.78. The van der Waals surface area contributed by atoms with Crippen molar-refractivity contribution < 1.29 is 23.2 Å². The summed E-state index contributed by atoms with van der Waals surface area (Å²) in [6.45, 7) is 1.89. The van der Waals surface area contributed by atoms with Gasteiger partial charge in [-0.3, -0.25) is 9.69 Å². The number of amides is 1. The molecule has 2 heterocycles. The molecule has 0 saturated carbocycles. The first kappa shape index (κ1) is 21.8. The van der Waals surface area contributed by atoms with Crippen molar-refractivity contribution in [3.05, 3.63) is 54.2 Å². The normalized spacial score (nSPS) is 16.5. The maximum absolute atomic E-state index is 13.1. The largest absolute Gasteiger partial charge is 0.493 e. The van der Waals surface area contributed by atoms with Crippen LogP contribution in [0.4, 0.5) is 10.1 Å². The molecule has 168 valence electrons. The van der Waals surface area contributed by atoms with Crippen LogP contribution in [0.25, 0.3) is 11.4 Å². The number of nitrogens with one attached hydrogen (secondary N) is 1. The topological polar surface area (TPSA) is 89.7 Å². The lowest BCUT2D eigenvalue weighted by Gasteiger charge is -2.30. The second-order valence-corrected chi connectivity index (χ2v) is 7.65. The molecule has 8 nitrogen and oxygen atoms in total. The molecule has 1 fully saturated rings. The van der Waals surface area contributed by atoms with E-state index in [1.165, 1.54) is 12.1 Å². The Labute approximate surface area is 185 Å². The Morgan fingerprint density at radius 3 is 2.72 bits per heavy atom. The van der Waals surface area contributed by atoms with Gasteiger partial charge in [0.15, 0.2) is 11.5 Å². The van der Waals surface area contributed by atoms with Crippen molar-refractivity contribution in [2.45, 2.75) is 19.4 Å². The third-order valence-electron chi connectivity index (χ3n) is 5.46. The Balaban J connectivity index is 1.38. The molecule has 1 aromatic heterocycles. The molecular formula is C23H25FN4O4. The van der Waals surface area contributed by atoms with Gasteiger partial charge in [0.05, 0.1) is 26.7 Å². The number of piperidine rings is 1. The van der Waals surface area contributed by atoms with Gasteiger partial charge in [-0.1, -0.05) is 5.16 Å². The first-order chi connectivity index (χ1) is 15.6. The van der Waals surface area contributed by atoms with E-state index in [0.717, 1.165) is 24.9 Å². The fraction of sp³-hybridized carbons (Fsp3) is 0.348. The number of halogens is 1. The zero-order valence-corrected chi connectivity index (χ0v) is 18.0. The van der Waals surface area contributed by atoms with Crippen LogP contribution >= 0.6 is 0 Å². The molecule has 0 bridgehead atoms. The minimum Gasteiger partial charge on any atom is -0.493 e. The van der Waals surface area contributed by atoms with Crippen molar-refractivity contribution in [1.29, 1.82) is 0 Å². The molecule has 2 aromatic carbocycles. The molecule has 9 heteroatoms. The van der Waals surface area contributed by atoms with Crippen molar-refractivity contribution in [1.82, 2.24) is 15.0 Å². The number of aromatic nitrogens is 2. The lowest BCUT2D eigenvalue weighted by atomic mass is 9.97. The van der Waals surface area contributed by atoms with Gasteiger partial charge in [0, 0.05) is 17.8 Å². The number of methoxy groups -OCH3 is 2. The standard InChI is InChI=1S/C23H25FN4O4/c1-30-19-10-5-15(12-20(19)31-2)22-26-21(32-27-22)14-28-11-3-4-16(13-28)23(29)25-18-8-6-17(24)7-9-18/h5-10,12,16H,3-4,11,13-14H2,1-2H3,(H,25,29). The number of hydrogen-bond acceptors (Lipinski definition) is 7. The van der Waals surface area contributed by atoms with Gasteiger partial charge in [0.2, 0.25) is 17.6 Å². The van der Waals surface area contributed by atoms with E-state index in [2.05, 4.69) is 20.4 Å². The smallest absolute Gasteiger partial charge is 0.241 e. The van der Waals surface area contributed by atoms with Gasteiger partial charge in [0.25, 0.3) is 0 Å². The molecule has 1 unspecified atom stereocenters. The highest BCUT2D eigenvalue weighted by atomic mass is 19.1. The molecule has 1 amide bonds. The highest BCUT2D eigenvalue weighted by molar-refractivity contribution is 5.92. The molecule has 0 aliphatic carbocycles. The van der Waals surface area contributed by atoms with Crippen LogP contribution in [0.5, 0.6) is 11.5 Å². The van der Waals surface area contributed by atoms with Crippen LogP contribution in [0.3, 0.4) is 0 Å². The lowest BCUT2D eigenvalue weighted by Crippen LogP contribution is -2.40. The summed E-state index contributed by atoms with van der Waals surface area (Å²) in [6.07, 6.45) is 1.68. The monoisotopic (exact) mass is 440 g/mol. The number of carbonyl (C=O) groups is 1. The fourth-order valence-electron chi connectivity index (χ4n) is 3.79. The lowest BCUT2D eigenvalue weighted by molar-refractivity contribution is -0.121. The van der Waals surface area contributed by atoms with Crippen LogP contribution in [-0.4, -0.2) is 48.3 Å². The molecule has 0 radical (unpaired) electrons. The number of anilines is 1. The molecular weight excluding hydrogens is 415 g/mol. The number of nitrogens with zero attached hydrogens (tertiary/aromatic N) is 3. The predicted molar refractivity (Wildman–Crippen MR) is 116 cm³/mol. The van der Waals surface area contributed by atoms with Gasteiger partial charge in [-0.25, -0.2) is 4.39 Å². The van der Waals surface area contributed by atoms with Crippen LogP contribution in [-0.2, 0) is 11.3 Å². The Morgan fingerprint density at radius 2 is 1.97 bits per heavy atom. The molecule has 0 spiro atoms. The summed E-state index contributed by atoms with van der Waals surface area (Å²) < 4.78 is 29.1. The van der Waals surface area contributed by atoms with E-state index in [9.17, 15) is 9.18 Å². The van der Waals surface area contributed by atoms with Gasteiger partial charge in [-0.05, 0) is 61.9 Å². The molecule has 1 atom stereocenters. The first-order valence-corrected chi connectivity index (χ1v) is 10.4. The summed E-state index contributed by atoms with van der Waals surface area (Å²) in [5.41, 5.74) is 1.35. The quantitative estimate of drug-likeness (QED) is 0.599. The van der Waals surface area contributed by atoms with Crippen molar-refractivity contribution in [2.24, 2.45) is 5.92 Å². The number of benzene rings is 2. The molecule has 1 aliphatic heterocycles. The molecule has 1 N–H and O–H groups in total. The predicted octanol–water partition coefficient (Wildman–Crippen LogP) is 3.74. The molecule has 32 heavy (non-hydrogen) atoms. The molecule has 3 aromatic rings. The molecule has 4 rings (SSSR count). The molecule has 1 aliphatic rings. The maximum atomic E-state index is 13.1. The SMILES string of the molecule is COc1ccc(-c2noc(CN3CCCC(C(=O)Nc4ccc(F)cc4)C3)n2)cc1OC. The van der Waals surface area contributed by atoms with Crippen LogP contribution < -0.4 is 14.8 Å². The zero-order chi connectivity index (χ0) is 22.5. The van der Waals surface area contributed by atoms with Crippen LogP contribution in [0.15, 0.2) is 47.0 Å². The highest BCUT2D eigenvalue weighted by Crippen LogP contribution is 2.31. The maximum Gasteiger partial charge on any atom is 0.241 e. The van der Waals surface area contributed by atoms with Crippen LogP contribution in [0, 0.1) is 11.7 Å². The van der Waals surface area contributed by atoms with E-state index in [1.807, 2.05) is 6.07 Å². The summed E-state index contributed by atoms with van der Waals surface area (Å²) in [4.78, 5) is 19.3. The van der Waals surface area contributed by atoms with Gasteiger partial charge >= 0.3 is 0 Å². The van der Waals surface area contributed by atoms with E-state index >= 15 is 0 Å². The average Bonchev–Trinajstić information content (AvgIpc) is 3.28. The number of ether oxygens (including phenoxy) is 2.